The van der Waals surface area contributed by atoms with Crippen molar-refractivity contribution in [3.8, 4) is 22.3 Å². The molecule has 0 aliphatic rings. The van der Waals surface area contributed by atoms with Crippen LogP contribution in [-0.2, 0) is 0 Å². The number of benzene rings is 4. The highest BCUT2D eigenvalue weighted by Crippen LogP contribution is 2.37. The summed E-state index contributed by atoms with van der Waals surface area (Å²) in [6.45, 7) is 0. The summed E-state index contributed by atoms with van der Waals surface area (Å²) in [6, 6.07) is 26.8. The van der Waals surface area contributed by atoms with E-state index in [2.05, 4.69) is 18.2 Å². The third-order valence-corrected chi connectivity index (χ3v) is 4.29. The molecule has 0 amide bonds. The topological polar surface area (TPSA) is 26.0 Å². The summed E-state index contributed by atoms with van der Waals surface area (Å²) in [4.78, 5) is 0. The second kappa shape index (κ2) is 5.82. The molecule has 0 unspecified atom stereocenters. The summed E-state index contributed by atoms with van der Waals surface area (Å²) in [5.41, 5.74) is 10.2. The predicted octanol–water partition coefficient (Wildman–Crippen LogP) is 5.90. The Bertz CT molecular complexity index is 1010. The molecule has 24 heavy (non-hydrogen) atoms. The Hall–Kier alpha value is -3.13. The van der Waals surface area contributed by atoms with Gasteiger partial charge in [-0.1, -0.05) is 66.7 Å². The van der Waals surface area contributed by atoms with E-state index < -0.39 is 0 Å². The highest BCUT2D eigenvalue weighted by molar-refractivity contribution is 6.06. The fourth-order valence-corrected chi connectivity index (χ4v) is 3.15. The molecule has 0 bridgehead atoms. The summed E-state index contributed by atoms with van der Waals surface area (Å²) in [5, 5.41) is 2.14. The van der Waals surface area contributed by atoms with Crippen molar-refractivity contribution in [1.29, 1.82) is 0 Å². The van der Waals surface area contributed by atoms with Crippen molar-refractivity contribution in [2.24, 2.45) is 0 Å². The van der Waals surface area contributed by atoms with E-state index >= 15 is 0 Å². The molecule has 2 N–H and O–H groups in total. The van der Waals surface area contributed by atoms with Gasteiger partial charge in [0.25, 0.3) is 0 Å². The van der Waals surface area contributed by atoms with Crippen LogP contribution in [0.3, 0.4) is 0 Å². The van der Waals surface area contributed by atoms with Crippen LogP contribution >= 0.6 is 0 Å². The van der Waals surface area contributed by atoms with Crippen molar-refractivity contribution in [3.63, 3.8) is 0 Å². The average Bonchev–Trinajstić information content (AvgIpc) is 2.62. The van der Waals surface area contributed by atoms with Crippen molar-refractivity contribution < 1.29 is 4.39 Å². The van der Waals surface area contributed by atoms with E-state index in [9.17, 15) is 4.39 Å². The molecule has 4 aromatic carbocycles. The first kappa shape index (κ1) is 14.5. The third-order valence-electron chi connectivity index (χ3n) is 4.29. The van der Waals surface area contributed by atoms with Crippen molar-refractivity contribution in [1.82, 2.24) is 0 Å². The van der Waals surface area contributed by atoms with Gasteiger partial charge in [-0.15, -0.1) is 0 Å². The van der Waals surface area contributed by atoms with E-state index in [0.29, 0.717) is 5.56 Å². The zero-order chi connectivity index (χ0) is 16.5. The largest absolute Gasteiger partial charge is 0.399 e. The quantitative estimate of drug-likeness (QED) is 0.458. The molecule has 116 valence electrons. The van der Waals surface area contributed by atoms with Gasteiger partial charge in [0.1, 0.15) is 5.82 Å². The molecule has 0 saturated heterocycles. The van der Waals surface area contributed by atoms with E-state index in [4.69, 9.17) is 5.73 Å². The molecule has 0 spiro atoms. The smallest absolute Gasteiger partial charge is 0.131 e. The Kier molecular flexibility index (Phi) is 3.51. The van der Waals surface area contributed by atoms with E-state index in [1.807, 2.05) is 54.6 Å². The molecular formula is C22H16FN. The molecule has 0 saturated carbocycles. The van der Waals surface area contributed by atoms with E-state index in [0.717, 1.165) is 33.2 Å². The number of rotatable bonds is 2. The second-order valence-electron chi connectivity index (χ2n) is 5.81. The van der Waals surface area contributed by atoms with Crippen molar-refractivity contribution in [2.75, 3.05) is 5.73 Å². The normalized spacial score (nSPS) is 10.9. The van der Waals surface area contributed by atoms with E-state index in [1.54, 1.807) is 6.07 Å². The highest BCUT2D eigenvalue weighted by atomic mass is 19.1. The van der Waals surface area contributed by atoms with Crippen LogP contribution in [0.1, 0.15) is 0 Å². The molecule has 0 heterocycles. The van der Waals surface area contributed by atoms with Gasteiger partial charge in [0, 0.05) is 11.3 Å². The minimum absolute atomic E-state index is 0.211. The number of hydrogen-bond donors (Lipinski definition) is 1. The SMILES string of the molecule is Nc1ccc(-c2cccc3cccc(-c4ccccc4F)c23)cc1. The molecule has 1 nitrogen and oxygen atoms in total. The molecule has 0 aliphatic heterocycles. The molecule has 4 rings (SSSR count). The van der Waals surface area contributed by atoms with Gasteiger partial charge in [-0.3, -0.25) is 0 Å². The lowest BCUT2D eigenvalue weighted by Gasteiger charge is -2.13. The molecule has 4 aromatic rings. The average molecular weight is 313 g/mol. The third kappa shape index (κ3) is 2.42. The molecule has 0 fully saturated rings. The Morgan fingerprint density at radius 1 is 0.583 bits per heavy atom. The fraction of sp³-hybridized carbons (Fsp3) is 0. The lowest BCUT2D eigenvalue weighted by molar-refractivity contribution is 0.631. The van der Waals surface area contributed by atoms with Crippen LogP contribution in [0.25, 0.3) is 33.0 Å². The molecule has 0 radical (unpaired) electrons. The Morgan fingerprint density at radius 3 is 1.92 bits per heavy atom. The fourth-order valence-electron chi connectivity index (χ4n) is 3.15. The van der Waals surface area contributed by atoms with Gasteiger partial charge < -0.3 is 5.73 Å². The van der Waals surface area contributed by atoms with E-state index in [1.165, 1.54) is 6.07 Å². The Labute approximate surface area is 140 Å². The first-order chi connectivity index (χ1) is 11.7. The standard InChI is InChI=1S/C22H16FN/c23-21-10-2-1-7-19(21)20-9-4-6-16-5-3-8-18(22(16)20)15-11-13-17(24)14-12-15/h1-14H,24H2. The van der Waals surface area contributed by atoms with Gasteiger partial charge in [-0.2, -0.15) is 0 Å². The predicted molar refractivity (Wildman–Crippen MR) is 99.2 cm³/mol. The monoisotopic (exact) mass is 313 g/mol. The maximum atomic E-state index is 14.4. The van der Waals surface area contributed by atoms with Crippen molar-refractivity contribution in [2.45, 2.75) is 0 Å². The first-order valence-electron chi connectivity index (χ1n) is 7.86. The van der Waals surface area contributed by atoms with Crippen molar-refractivity contribution in [3.05, 3.63) is 90.7 Å². The lowest BCUT2D eigenvalue weighted by Crippen LogP contribution is -1.89. The lowest BCUT2D eigenvalue weighted by atomic mass is 9.91. The molecule has 0 atom stereocenters. The van der Waals surface area contributed by atoms with Crippen LogP contribution < -0.4 is 5.73 Å². The number of nitrogen functional groups attached to an aromatic ring is 1. The molecule has 2 heteroatoms. The minimum atomic E-state index is -0.211. The van der Waals surface area contributed by atoms with Gasteiger partial charge >= 0.3 is 0 Å². The number of halogens is 1. The number of anilines is 1. The summed E-state index contributed by atoms with van der Waals surface area (Å²) >= 11 is 0. The van der Waals surface area contributed by atoms with Gasteiger partial charge in [-0.25, -0.2) is 4.39 Å². The number of hydrogen-bond acceptors (Lipinski definition) is 1. The zero-order valence-corrected chi connectivity index (χ0v) is 13.0. The van der Waals surface area contributed by atoms with E-state index in [-0.39, 0.29) is 5.82 Å². The van der Waals surface area contributed by atoms with Crippen LogP contribution in [0, 0.1) is 5.82 Å². The number of nitrogens with two attached hydrogens (primary N) is 1. The maximum Gasteiger partial charge on any atom is 0.131 e. The maximum absolute atomic E-state index is 14.4. The summed E-state index contributed by atoms with van der Waals surface area (Å²) in [6.07, 6.45) is 0. The molecule has 0 aromatic heterocycles. The zero-order valence-electron chi connectivity index (χ0n) is 13.0. The van der Waals surface area contributed by atoms with Crippen LogP contribution in [0.4, 0.5) is 10.1 Å². The van der Waals surface area contributed by atoms with Gasteiger partial charge in [-0.05, 0) is 45.7 Å². The van der Waals surface area contributed by atoms with Gasteiger partial charge in [0.05, 0.1) is 0 Å². The molecule has 0 aliphatic carbocycles. The molecular weight excluding hydrogens is 297 g/mol. The highest BCUT2D eigenvalue weighted by Gasteiger charge is 2.12. The summed E-state index contributed by atoms with van der Waals surface area (Å²) in [7, 11) is 0. The number of fused-ring (bicyclic) bond motifs is 1. The summed E-state index contributed by atoms with van der Waals surface area (Å²) < 4.78 is 14.4. The van der Waals surface area contributed by atoms with Crippen LogP contribution in [0.2, 0.25) is 0 Å². The van der Waals surface area contributed by atoms with Gasteiger partial charge in [0.2, 0.25) is 0 Å². The Morgan fingerprint density at radius 2 is 1.21 bits per heavy atom. The van der Waals surface area contributed by atoms with Gasteiger partial charge in [0.15, 0.2) is 0 Å². The van der Waals surface area contributed by atoms with Crippen LogP contribution in [0.15, 0.2) is 84.9 Å². The second-order valence-corrected chi connectivity index (χ2v) is 5.81. The van der Waals surface area contributed by atoms with Crippen LogP contribution in [0.5, 0.6) is 0 Å². The van der Waals surface area contributed by atoms with Crippen LogP contribution in [-0.4, -0.2) is 0 Å². The minimum Gasteiger partial charge on any atom is -0.399 e. The Balaban J connectivity index is 2.06. The summed E-state index contributed by atoms with van der Waals surface area (Å²) in [5.74, 6) is -0.211. The first-order valence-corrected chi connectivity index (χ1v) is 7.86. The van der Waals surface area contributed by atoms with Crippen molar-refractivity contribution >= 4 is 16.5 Å².